The minimum atomic E-state index is -0.969. The molecule has 0 aliphatic carbocycles. The Balaban J connectivity index is 1.96. The zero-order valence-electron chi connectivity index (χ0n) is 9.69. The average Bonchev–Trinajstić information content (AvgIpc) is 2.88. The van der Waals surface area contributed by atoms with E-state index in [1.54, 1.807) is 0 Å². The molecule has 8 heteroatoms. The van der Waals surface area contributed by atoms with E-state index in [4.69, 9.17) is 5.73 Å². The summed E-state index contributed by atoms with van der Waals surface area (Å²) in [6.45, 7) is 0.214. The van der Waals surface area contributed by atoms with Crippen LogP contribution >= 0.6 is 0 Å². The topological polar surface area (TPSA) is 94.0 Å². The summed E-state index contributed by atoms with van der Waals surface area (Å²) in [5.41, 5.74) is 4.36. The Labute approximate surface area is 106 Å². The highest BCUT2D eigenvalue weighted by molar-refractivity contribution is 5.94. The van der Waals surface area contributed by atoms with Crippen molar-refractivity contribution < 1.29 is 18.1 Å². The van der Waals surface area contributed by atoms with Crippen LogP contribution in [0.1, 0.15) is 16.2 Å². The lowest BCUT2D eigenvalue weighted by Crippen LogP contribution is -2.26. The number of benzene rings is 1. The van der Waals surface area contributed by atoms with E-state index in [2.05, 4.69) is 20.0 Å². The number of carbonyl (C=O) groups is 1. The molecule has 19 heavy (non-hydrogen) atoms. The number of hydrogen-bond acceptors (Lipinski definition) is 5. The molecular weight excluding hydrogens is 258 g/mol. The van der Waals surface area contributed by atoms with E-state index in [9.17, 15) is 13.6 Å². The van der Waals surface area contributed by atoms with E-state index in [1.807, 2.05) is 0 Å². The molecule has 0 unspecified atom stereocenters. The first kappa shape index (κ1) is 12.9. The van der Waals surface area contributed by atoms with Gasteiger partial charge in [-0.25, -0.2) is 8.78 Å². The van der Waals surface area contributed by atoms with E-state index in [0.29, 0.717) is 12.2 Å². The molecule has 0 saturated heterocycles. The van der Waals surface area contributed by atoms with Crippen molar-refractivity contribution in [2.24, 2.45) is 0 Å². The summed E-state index contributed by atoms with van der Waals surface area (Å²) in [4.78, 5) is 15.4. The van der Waals surface area contributed by atoms with Gasteiger partial charge in [-0.1, -0.05) is 5.16 Å². The van der Waals surface area contributed by atoms with Crippen molar-refractivity contribution in [3.8, 4) is 0 Å². The third kappa shape index (κ3) is 3.03. The fourth-order valence-electron chi connectivity index (χ4n) is 1.41. The van der Waals surface area contributed by atoms with Crippen LogP contribution in [0.15, 0.2) is 23.0 Å². The number of aromatic nitrogens is 2. The molecule has 2 rings (SSSR count). The zero-order chi connectivity index (χ0) is 13.8. The lowest BCUT2D eigenvalue weighted by Gasteiger charge is -2.05. The quantitative estimate of drug-likeness (QED) is 0.803. The van der Waals surface area contributed by atoms with Gasteiger partial charge in [-0.2, -0.15) is 4.98 Å². The maximum atomic E-state index is 13.2. The van der Waals surface area contributed by atoms with Crippen LogP contribution in [-0.2, 0) is 6.42 Å². The first-order valence-corrected chi connectivity index (χ1v) is 5.36. The number of nitrogens with one attached hydrogen (secondary N) is 1. The van der Waals surface area contributed by atoms with Crippen LogP contribution in [-0.4, -0.2) is 22.6 Å². The summed E-state index contributed by atoms with van der Waals surface area (Å²) in [5, 5.41) is 6.03. The van der Waals surface area contributed by atoms with Gasteiger partial charge in [0.2, 0.25) is 6.39 Å². The number of carbonyl (C=O) groups excluding carboxylic acids is 1. The number of amides is 1. The third-order valence-corrected chi connectivity index (χ3v) is 2.38. The molecular formula is C11H10F2N4O2. The fraction of sp³-hybridized carbons (Fsp3) is 0.182. The largest absolute Gasteiger partial charge is 0.394 e. The summed E-state index contributed by atoms with van der Waals surface area (Å²) in [6.07, 6.45) is 1.52. The van der Waals surface area contributed by atoms with Crippen molar-refractivity contribution in [1.29, 1.82) is 0 Å². The minimum Gasteiger partial charge on any atom is -0.394 e. The van der Waals surface area contributed by atoms with Crippen LogP contribution in [0.5, 0.6) is 0 Å². The van der Waals surface area contributed by atoms with Crippen LogP contribution in [0.25, 0.3) is 0 Å². The maximum absolute atomic E-state index is 13.2. The van der Waals surface area contributed by atoms with Gasteiger partial charge in [-0.05, 0) is 12.1 Å². The standard InChI is InChI=1S/C11H10F2N4O2/c12-7-3-6(4-8(13)10(7)14)11(18)15-2-1-9-16-5-19-17-9/h3-5H,1-2,14H2,(H,15,18). The van der Waals surface area contributed by atoms with Gasteiger partial charge in [0.05, 0.1) is 0 Å². The fourth-order valence-corrected chi connectivity index (χ4v) is 1.41. The molecule has 1 aromatic carbocycles. The molecule has 6 nitrogen and oxygen atoms in total. The van der Waals surface area contributed by atoms with Gasteiger partial charge < -0.3 is 15.6 Å². The Morgan fingerprint density at radius 3 is 2.63 bits per heavy atom. The average molecular weight is 268 g/mol. The number of nitrogens with two attached hydrogens (primary N) is 1. The highest BCUT2D eigenvalue weighted by Crippen LogP contribution is 2.17. The zero-order valence-corrected chi connectivity index (χ0v) is 9.69. The first-order chi connectivity index (χ1) is 9.08. The predicted octanol–water partition coefficient (Wildman–Crippen LogP) is 0.902. The van der Waals surface area contributed by atoms with Gasteiger partial charge in [0.15, 0.2) is 5.82 Å². The first-order valence-electron chi connectivity index (χ1n) is 5.36. The van der Waals surface area contributed by atoms with E-state index < -0.39 is 23.2 Å². The van der Waals surface area contributed by atoms with Crippen molar-refractivity contribution in [3.63, 3.8) is 0 Å². The second-order valence-electron chi connectivity index (χ2n) is 3.71. The Morgan fingerprint density at radius 1 is 1.37 bits per heavy atom. The van der Waals surface area contributed by atoms with Gasteiger partial charge in [-0.15, -0.1) is 0 Å². The van der Waals surface area contributed by atoms with Crippen LogP contribution in [0.2, 0.25) is 0 Å². The van der Waals surface area contributed by atoms with Gasteiger partial charge in [-0.3, -0.25) is 4.79 Å². The molecule has 1 amide bonds. The lowest BCUT2D eigenvalue weighted by atomic mass is 10.1. The lowest BCUT2D eigenvalue weighted by molar-refractivity contribution is 0.0953. The smallest absolute Gasteiger partial charge is 0.251 e. The molecule has 0 saturated carbocycles. The molecule has 3 N–H and O–H groups in total. The van der Waals surface area contributed by atoms with E-state index in [1.165, 1.54) is 6.39 Å². The highest BCUT2D eigenvalue weighted by atomic mass is 19.1. The summed E-state index contributed by atoms with van der Waals surface area (Å²) < 4.78 is 30.9. The highest BCUT2D eigenvalue weighted by Gasteiger charge is 2.13. The van der Waals surface area contributed by atoms with E-state index in [-0.39, 0.29) is 12.1 Å². The van der Waals surface area contributed by atoms with Crippen LogP contribution in [0.3, 0.4) is 0 Å². The summed E-state index contributed by atoms with van der Waals surface area (Å²) in [7, 11) is 0. The number of rotatable bonds is 4. The SMILES string of the molecule is Nc1c(F)cc(C(=O)NCCc2ncon2)cc1F. The number of anilines is 1. The molecule has 0 aliphatic rings. The molecule has 0 bridgehead atoms. The van der Waals surface area contributed by atoms with Gasteiger partial charge >= 0.3 is 0 Å². The second-order valence-corrected chi connectivity index (χ2v) is 3.71. The monoisotopic (exact) mass is 268 g/mol. The third-order valence-electron chi connectivity index (χ3n) is 2.38. The van der Waals surface area contributed by atoms with E-state index >= 15 is 0 Å². The Hall–Kier alpha value is -2.51. The predicted molar refractivity (Wildman–Crippen MR) is 61.1 cm³/mol. The number of halogens is 2. The molecule has 1 heterocycles. The molecule has 0 fully saturated rings. The Kier molecular flexibility index (Phi) is 3.69. The molecule has 0 spiro atoms. The number of nitrogen functional groups attached to an aromatic ring is 1. The van der Waals surface area contributed by atoms with Crippen molar-refractivity contribution in [2.45, 2.75) is 6.42 Å². The van der Waals surface area contributed by atoms with Gasteiger partial charge in [0.25, 0.3) is 5.91 Å². The number of nitrogens with zero attached hydrogens (tertiary/aromatic N) is 2. The van der Waals surface area contributed by atoms with Gasteiger partial charge in [0, 0.05) is 18.5 Å². The summed E-state index contributed by atoms with van der Waals surface area (Å²) in [5.74, 6) is -2.12. The Bertz CT molecular complexity index is 563. The minimum absolute atomic E-state index is 0.141. The van der Waals surface area contributed by atoms with E-state index in [0.717, 1.165) is 12.1 Å². The molecule has 1 aromatic heterocycles. The number of hydrogen-bond donors (Lipinski definition) is 2. The maximum Gasteiger partial charge on any atom is 0.251 e. The molecule has 0 atom stereocenters. The Morgan fingerprint density at radius 2 is 2.05 bits per heavy atom. The van der Waals surface area contributed by atoms with Crippen molar-refractivity contribution in [3.05, 3.63) is 41.5 Å². The summed E-state index contributed by atoms with van der Waals surface area (Å²) in [6, 6.07) is 1.75. The molecule has 100 valence electrons. The van der Waals surface area contributed by atoms with Crippen molar-refractivity contribution in [1.82, 2.24) is 15.5 Å². The summed E-state index contributed by atoms with van der Waals surface area (Å²) >= 11 is 0. The van der Waals surface area contributed by atoms with Gasteiger partial charge in [0.1, 0.15) is 17.3 Å². The normalized spacial score (nSPS) is 10.4. The van der Waals surface area contributed by atoms with Crippen LogP contribution in [0, 0.1) is 11.6 Å². The molecule has 0 radical (unpaired) electrons. The molecule has 2 aromatic rings. The van der Waals surface area contributed by atoms with Crippen molar-refractivity contribution >= 4 is 11.6 Å². The van der Waals surface area contributed by atoms with Crippen LogP contribution < -0.4 is 11.1 Å². The van der Waals surface area contributed by atoms with Crippen molar-refractivity contribution in [2.75, 3.05) is 12.3 Å². The molecule has 0 aliphatic heterocycles. The van der Waals surface area contributed by atoms with Crippen LogP contribution in [0.4, 0.5) is 14.5 Å². The second kappa shape index (κ2) is 5.42.